The first-order chi connectivity index (χ1) is 12.6. The van der Waals surface area contributed by atoms with Gasteiger partial charge in [0.25, 0.3) is 0 Å². The van der Waals surface area contributed by atoms with Crippen molar-refractivity contribution in [3.05, 3.63) is 69.6 Å². The van der Waals surface area contributed by atoms with E-state index in [0.717, 1.165) is 40.4 Å². The van der Waals surface area contributed by atoms with Crippen LogP contribution in [0.5, 0.6) is 5.75 Å². The Labute approximate surface area is 156 Å². The van der Waals surface area contributed by atoms with Gasteiger partial charge in [-0.2, -0.15) is 0 Å². The van der Waals surface area contributed by atoms with Crippen LogP contribution in [0, 0.1) is 13.8 Å². The molecular weight excluding hydrogens is 344 g/mol. The van der Waals surface area contributed by atoms with E-state index in [2.05, 4.69) is 35.1 Å². The minimum Gasteiger partial charge on any atom is -0.486 e. The molecule has 0 saturated carbocycles. The van der Waals surface area contributed by atoms with Gasteiger partial charge in [0.2, 0.25) is 0 Å². The van der Waals surface area contributed by atoms with E-state index in [1.54, 1.807) is 11.3 Å². The molecule has 6 heteroatoms. The van der Waals surface area contributed by atoms with Gasteiger partial charge in [-0.3, -0.25) is 4.98 Å². The highest BCUT2D eigenvalue weighted by Crippen LogP contribution is 2.21. The van der Waals surface area contributed by atoms with E-state index in [-0.39, 0.29) is 0 Å². The first-order valence-electron chi connectivity index (χ1n) is 8.49. The Bertz CT molecular complexity index is 1040. The van der Waals surface area contributed by atoms with Crippen LogP contribution < -0.4 is 4.74 Å². The summed E-state index contributed by atoms with van der Waals surface area (Å²) >= 11 is 1.68. The van der Waals surface area contributed by atoms with Gasteiger partial charge in [-0.15, -0.1) is 11.3 Å². The van der Waals surface area contributed by atoms with Crippen LogP contribution in [0.15, 0.2) is 42.0 Å². The molecule has 3 heterocycles. The number of hydrogen-bond donors (Lipinski definition) is 0. The summed E-state index contributed by atoms with van der Waals surface area (Å²) in [6.07, 6.45) is 2.82. The van der Waals surface area contributed by atoms with E-state index < -0.39 is 0 Å². The number of aryl methyl sites for hydroxylation is 3. The van der Waals surface area contributed by atoms with Crippen molar-refractivity contribution in [2.75, 3.05) is 0 Å². The maximum absolute atomic E-state index is 5.94. The SMILES string of the molecule is Cc1cc(C)c2nc(COc3ccc(Cc4cncs4)cc3)n(C)c2n1. The highest BCUT2D eigenvalue weighted by Gasteiger charge is 2.12. The first kappa shape index (κ1) is 16.7. The quantitative estimate of drug-likeness (QED) is 0.532. The monoisotopic (exact) mass is 364 g/mol. The number of aromatic nitrogens is 4. The lowest BCUT2D eigenvalue weighted by atomic mass is 10.1. The molecule has 0 aliphatic heterocycles. The zero-order valence-corrected chi connectivity index (χ0v) is 15.9. The molecular formula is C20H20N4OS. The average molecular weight is 364 g/mol. The number of rotatable bonds is 5. The van der Waals surface area contributed by atoms with Crippen molar-refractivity contribution < 1.29 is 4.74 Å². The van der Waals surface area contributed by atoms with Gasteiger partial charge in [-0.25, -0.2) is 9.97 Å². The molecule has 0 amide bonds. The Hall–Kier alpha value is -2.73. The summed E-state index contributed by atoms with van der Waals surface area (Å²) in [6, 6.07) is 10.3. The van der Waals surface area contributed by atoms with Gasteiger partial charge in [0, 0.05) is 30.2 Å². The van der Waals surface area contributed by atoms with Gasteiger partial charge in [0.1, 0.15) is 23.7 Å². The Morgan fingerprint density at radius 2 is 1.92 bits per heavy atom. The van der Waals surface area contributed by atoms with Crippen molar-refractivity contribution in [3.8, 4) is 5.75 Å². The summed E-state index contributed by atoms with van der Waals surface area (Å²) in [6.45, 7) is 4.49. The standard InChI is InChI=1S/C20H20N4OS/c1-13-8-14(2)22-20-19(13)23-18(24(20)3)11-25-16-6-4-15(5-7-16)9-17-10-21-12-26-17/h4-8,10,12H,9,11H2,1-3H3. The molecule has 0 atom stereocenters. The predicted molar refractivity (Wildman–Crippen MR) is 104 cm³/mol. The summed E-state index contributed by atoms with van der Waals surface area (Å²) in [4.78, 5) is 14.7. The average Bonchev–Trinajstić information content (AvgIpc) is 3.24. The second-order valence-corrected chi connectivity index (χ2v) is 7.39. The van der Waals surface area contributed by atoms with Gasteiger partial charge in [0.05, 0.1) is 5.51 Å². The summed E-state index contributed by atoms with van der Waals surface area (Å²) in [5, 5.41) is 0. The van der Waals surface area contributed by atoms with Crippen LogP contribution in [0.4, 0.5) is 0 Å². The Morgan fingerprint density at radius 3 is 2.65 bits per heavy atom. The topological polar surface area (TPSA) is 52.8 Å². The van der Waals surface area contributed by atoms with E-state index in [4.69, 9.17) is 9.72 Å². The molecule has 5 nitrogen and oxygen atoms in total. The van der Waals surface area contributed by atoms with Crippen LogP contribution >= 0.6 is 11.3 Å². The van der Waals surface area contributed by atoms with Crippen molar-refractivity contribution in [1.29, 1.82) is 0 Å². The fourth-order valence-electron chi connectivity index (χ4n) is 3.02. The molecule has 4 aromatic rings. The third-order valence-electron chi connectivity index (χ3n) is 4.39. The third kappa shape index (κ3) is 3.32. The maximum atomic E-state index is 5.94. The number of fused-ring (bicyclic) bond motifs is 1. The molecule has 26 heavy (non-hydrogen) atoms. The molecule has 132 valence electrons. The van der Waals surface area contributed by atoms with Gasteiger partial charge in [-0.1, -0.05) is 12.1 Å². The number of thiazole rings is 1. The lowest BCUT2D eigenvalue weighted by molar-refractivity contribution is 0.292. The number of imidazole rings is 1. The number of benzene rings is 1. The van der Waals surface area contributed by atoms with Crippen molar-refractivity contribution in [3.63, 3.8) is 0 Å². The fourth-order valence-corrected chi connectivity index (χ4v) is 3.65. The van der Waals surface area contributed by atoms with Crippen LogP contribution in [0.2, 0.25) is 0 Å². The minimum absolute atomic E-state index is 0.416. The predicted octanol–water partition coefficient (Wildman–Crippen LogP) is 4.21. The van der Waals surface area contributed by atoms with Crippen molar-refractivity contribution in [1.82, 2.24) is 19.5 Å². The van der Waals surface area contributed by atoms with Gasteiger partial charge < -0.3 is 9.30 Å². The summed E-state index contributed by atoms with van der Waals surface area (Å²) < 4.78 is 7.95. The summed E-state index contributed by atoms with van der Waals surface area (Å²) in [5.41, 5.74) is 7.10. The molecule has 0 aliphatic rings. The highest BCUT2D eigenvalue weighted by atomic mass is 32.1. The van der Waals surface area contributed by atoms with Gasteiger partial charge in [0.15, 0.2) is 5.65 Å². The summed E-state index contributed by atoms with van der Waals surface area (Å²) in [7, 11) is 1.98. The van der Waals surface area contributed by atoms with Gasteiger partial charge >= 0.3 is 0 Å². The van der Waals surface area contributed by atoms with E-state index in [1.165, 1.54) is 10.4 Å². The molecule has 0 spiro atoms. The van der Waals surface area contributed by atoms with E-state index in [0.29, 0.717) is 6.61 Å². The Balaban J connectivity index is 1.48. The Morgan fingerprint density at radius 1 is 1.12 bits per heavy atom. The van der Waals surface area contributed by atoms with Crippen molar-refractivity contribution >= 4 is 22.5 Å². The normalized spacial score (nSPS) is 11.2. The molecule has 0 saturated heterocycles. The molecule has 0 radical (unpaired) electrons. The first-order valence-corrected chi connectivity index (χ1v) is 9.37. The third-order valence-corrected chi connectivity index (χ3v) is 5.17. The zero-order valence-electron chi connectivity index (χ0n) is 15.1. The number of pyridine rings is 1. The number of nitrogens with zero attached hydrogens (tertiary/aromatic N) is 4. The van der Waals surface area contributed by atoms with E-state index >= 15 is 0 Å². The fraction of sp³-hybridized carbons (Fsp3) is 0.250. The lowest BCUT2D eigenvalue weighted by Gasteiger charge is -2.07. The zero-order chi connectivity index (χ0) is 18.1. The number of ether oxygens (including phenoxy) is 1. The molecule has 3 aromatic heterocycles. The molecule has 4 rings (SSSR count). The van der Waals surface area contributed by atoms with Crippen molar-refractivity contribution in [2.45, 2.75) is 26.9 Å². The Kier molecular flexibility index (Phi) is 4.42. The largest absolute Gasteiger partial charge is 0.486 e. The van der Waals surface area contributed by atoms with E-state index in [9.17, 15) is 0 Å². The van der Waals surface area contributed by atoms with Crippen LogP contribution in [0.25, 0.3) is 11.2 Å². The molecule has 0 N–H and O–H groups in total. The van der Waals surface area contributed by atoms with Crippen LogP contribution in [0.1, 0.15) is 27.5 Å². The summed E-state index contributed by atoms with van der Waals surface area (Å²) in [5.74, 6) is 1.71. The smallest absolute Gasteiger partial charge is 0.160 e. The minimum atomic E-state index is 0.416. The van der Waals surface area contributed by atoms with Crippen molar-refractivity contribution in [2.24, 2.45) is 7.05 Å². The second kappa shape index (κ2) is 6.88. The van der Waals surface area contributed by atoms with Gasteiger partial charge in [-0.05, 0) is 43.2 Å². The highest BCUT2D eigenvalue weighted by molar-refractivity contribution is 7.09. The number of hydrogen-bond acceptors (Lipinski definition) is 5. The molecule has 1 aromatic carbocycles. The van der Waals surface area contributed by atoms with Crippen LogP contribution in [0.3, 0.4) is 0 Å². The van der Waals surface area contributed by atoms with Crippen LogP contribution in [-0.2, 0) is 20.1 Å². The molecule has 0 aliphatic carbocycles. The molecule has 0 fully saturated rings. The maximum Gasteiger partial charge on any atom is 0.160 e. The van der Waals surface area contributed by atoms with Crippen LogP contribution in [-0.4, -0.2) is 19.5 Å². The molecule has 0 unspecified atom stereocenters. The molecule has 0 bridgehead atoms. The van der Waals surface area contributed by atoms with E-state index in [1.807, 2.05) is 42.4 Å². The second-order valence-electron chi connectivity index (χ2n) is 6.42. The lowest BCUT2D eigenvalue weighted by Crippen LogP contribution is -2.04.